The largest absolute Gasteiger partial charge is 0.416 e. The van der Waals surface area contributed by atoms with Gasteiger partial charge in [-0.05, 0) is 38.2 Å². The number of nitrogens with one attached hydrogen (secondary N) is 1. The average molecular weight is 423 g/mol. The van der Waals surface area contributed by atoms with Crippen LogP contribution in [0.5, 0.6) is 0 Å². The van der Waals surface area contributed by atoms with Gasteiger partial charge in [-0.15, -0.1) is 5.10 Å². The summed E-state index contributed by atoms with van der Waals surface area (Å²) in [5.41, 5.74) is 1.64. The van der Waals surface area contributed by atoms with Crippen molar-refractivity contribution in [3.05, 3.63) is 52.3 Å². The number of alkyl halides is 3. The zero-order valence-corrected chi connectivity index (χ0v) is 17.0. The van der Waals surface area contributed by atoms with Crippen LogP contribution in [0.25, 0.3) is 5.78 Å². The minimum absolute atomic E-state index is 0.0655. The van der Waals surface area contributed by atoms with Crippen LogP contribution in [-0.4, -0.2) is 38.3 Å². The summed E-state index contributed by atoms with van der Waals surface area (Å²) in [5.74, 6) is 0.185. The third-order valence-electron chi connectivity index (χ3n) is 4.59. The van der Waals surface area contributed by atoms with Gasteiger partial charge in [-0.25, -0.2) is 9.50 Å². The Balaban J connectivity index is 1.68. The molecule has 2 aromatic heterocycles. The fraction of sp³-hybridized carbons (Fsp3) is 0.368. The van der Waals surface area contributed by atoms with Crippen LogP contribution in [-0.2, 0) is 23.8 Å². The van der Waals surface area contributed by atoms with Gasteiger partial charge in [0, 0.05) is 23.5 Å². The third kappa shape index (κ3) is 4.69. The maximum atomic E-state index is 13.1. The molecule has 154 valence electrons. The first kappa shape index (κ1) is 21.1. The Morgan fingerprint density at radius 2 is 1.93 bits per heavy atom. The molecule has 29 heavy (non-hydrogen) atoms. The molecule has 3 rings (SSSR count). The van der Waals surface area contributed by atoms with Crippen LogP contribution in [0.1, 0.15) is 28.1 Å². The SMILES string of the molecule is CSc1nc2nc(C)c(CC(=O)NCCc3ccccc3C(F)(F)F)c(C)n2n1. The lowest BCUT2D eigenvalue weighted by Gasteiger charge is -2.13. The van der Waals surface area contributed by atoms with E-state index in [1.807, 2.05) is 13.2 Å². The van der Waals surface area contributed by atoms with E-state index in [0.717, 1.165) is 17.3 Å². The van der Waals surface area contributed by atoms with Crippen molar-refractivity contribution < 1.29 is 18.0 Å². The van der Waals surface area contributed by atoms with E-state index in [1.165, 1.54) is 23.9 Å². The van der Waals surface area contributed by atoms with Crippen molar-refractivity contribution in [2.75, 3.05) is 12.8 Å². The maximum Gasteiger partial charge on any atom is 0.416 e. The summed E-state index contributed by atoms with van der Waals surface area (Å²) in [6, 6.07) is 5.38. The van der Waals surface area contributed by atoms with E-state index >= 15 is 0 Å². The highest BCUT2D eigenvalue weighted by atomic mass is 32.2. The van der Waals surface area contributed by atoms with E-state index < -0.39 is 11.7 Å². The van der Waals surface area contributed by atoms with Gasteiger partial charge in [0.2, 0.25) is 11.1 Å². The molecule has 3 aromatic rings. The average Bonchev–Trinajstić information content (AvgIpc) is 3.08. The number of thioether (sulfide) groups is 1. The number of aryl methyl sites for hydroxylation is 2. The standard InChI is InChI=1S/C19H20F3N5OS/c1-11-14(12(2)27-17(24-11)25-18(26-27)29-3)10-16(28)23-9-8-13-6-4-5-7-15(13)19(20,21)22/h4-7H,8-10H2,1-3H3,(H,23,28). The molecule has 0 aliphatic carbocycles. The number of hydrogen-bond donors (Lipinski definition) is 1. The molecule has 10 heteroatoms. The highest BCUT2D eigenvalue weighted by Crippen LogP contribution is 2.31. The third-order valence-corrected chi connectivity index (χ3v) is 5.13. The molecular weight excluding hydrogens is 403 g/mol. The number of hydrogen-bond acceptors (Lipinski definition) is 5. The van der Waals surface area contributed by atoms with Gasteiger partial charge >= 0.3 is 6.18 Å². The number of nitrogens with zero attached hydrogens (tertiary/aromatic N) is 4. The molecular formula is C19H20F3N5OS. The Hall–Kier alpha value is -2.62. The van der Waals surface area contributed by atoms with Gasteiger partial charge < -0.3 is 5.32 Å². The predicted molar refractivity (Wildman–Crippen MR) is 104 cm³/mol. The molecule has 1 aromatic carbocycles. The van der Waals surface area contributed by atoms with Gasteiger partial charge in [0.25, 0.3) is 5.78 Å². The van der Waals surface area contributed by atoms with Crippen LogP contribution in [0.2, 0.25) is 0 Å². The molecule has 6 nitrogen and oxygen atoms in total. The van der Waals surface area contributed by atoms with Crippen molar-refractivity contribution in [1.29, 1.82) is 0 Å². The Morgan fingerprint density at radius 3 is 2.62 bits per heavy atom. The van der Waals surface area contributed by atoms with E-state index in [4.69, 9.17) is 0 Å². The number of carbonyl (C=O) groups is 1. The Kier molecular flexibility index (Phi) is 6.11. The van der Waals surface area contributed by atoms with Gasteiger partial charge in [-0.1, -0.05) is 30.0 Å². The van der Waals surface area contributed by atoms with Gasteiger partial charge in [-0.3, -0.25) is 4.79 Å². The first-order valence-electron chi connectivity index (χ1n) is 8.89. The number of rotatable bonds is 6. The predicted octanol–water partition coefficient (Wildman–Crippen LogP) is 3.38. The quantitative estimate of drug-likeness (QED) is 0.616. The first-order valence-corrected chi connectivity index (χ1v) is 10.1. The van der Waals surface area contributed by atoms with E-state index in [2.05, 4.69) is 20.4 Å². The van der Waals surface area contributed by atoms with Gasteiger partial charge in [-0.2, -0.15) is 18.2 Å². The van der Waals surface area contributed by atoms with Gasteiger partial charge in [0.05, 0.1) is 12.0 Å². The highest BCUT2D eigenvalue weighted by Gasteiger charge is 2.32. The summed E-state index contributed by atoms with van der Waals surface area (Å²) in [5, 5.41) is 7.62. The Morgan fingerprint density at radius 1 is 1.21 bits per heavy atom. The molecule has 0 spiro atoms. The van der Waals surface area contributed by atoms with Crippen LogP contribution in [0.4, 0.5) is 13.2 Å². The number of carbonyl (C=O) groups excluding carboxylic acids is 1. The minimum atomic E-state index is -4.41. The normalized spacial score (nSPS) is 11.8. The second-order valence-electron chi connectivity index (χ2n) is 6.50. The maximum absolute atomic E-state index is 13.1. The van der Waals surface area contributed by atoms with Crippen LogP contribution >= 0.6 is 11.8 Å². The smallest absolute Gasteiger partial charge is 0.355 e. The van der Waals surface area contributed by atoms with Crippen molar-refractivity contribution in [2.24, 2.45) is 0 Å². The Bertz CT molecular complexity index is 1050. The minimum Gasteiger partial charge on any atom is -0.355 e. The van der Waals surface area contributed by atoms with E-state index in [1.54, 1.807) is 17.5 Å². The second-order valence-corrected chi connectivity index (χ2v) is 7.28. The molecule has 0 saturated heterocycles. The monoisotopic (exact) mass is 423 g/mol. The Labute approximate surface area is 169 Å². The number of benzene rings is 1. The second kappa shape index (κ2) is 8.40. The number of halogens is 3. The summed E-state index contributed by atoms with van der Waals surface area (Å²) < 4.78 is 40.8. The molecule has 0 radical (unpaired) electrons. The molecule has 0 bridgehead atoms. The van der Waals surface area contributed by atoms with Crippen molar-refractivity contribution in [3.63, 3.8) is 0 Å². The van der Waals surface area contributed by atoms with Crippen LogP contribution in [0.15, 0.2) is 29.4 Å². The number of amides is 1. The summed E-state index contributed by atoms with van der Waals surface area (Å²) in [6.45, 7) is 3.74. The van der Waals surface area contributed by atoms with Gasteiger partial charge in [0.15, 0.2) is 0 Å². The molecule has 2 heterocycles. The van der Waals surface area contributed by atoms with Gasteiger partial charge in [0.1, 0.15) is 0 Å². The molecule has 1 amide bonds. The topological polar surface area (TPSA) is 72.2 Å². The number of aromatic nitrogens is 4. The van der Waals surface area contributed by atoms with E-state index in [9.17, 15) is 18.0 Å². The molecule has 0 fully saturated rings. The highest BCUT2D eigenvalue weighted by molar-refractivity contribution is 7.98. The van der Waals surface area contributed by atoms with Crippen molar-refractivity contribution in [1.82, 2.24) is 24.9 Å². The lowest BCUT2D eigenvalue weighted by atomic mass is 10.0. The summed E-state index contributed by atoms with van der Waals surface area (Å²) >= 11 is 1.40. The fourth-order valence-electron chi connectivity index (χ4n) is 3.11. The first-order chi connectivity index (χ1) is 13.7. The lowest BCUT2D eigenvalue weighted by molar-refractivity contribution is -0.138. The summed E-state index contributed by atoms with van der Waals surface area (Å²) in [6.07, 6.45) is -2.39. The number of fused-ring (bicyclic) bond motifs is 1. The fourth-order valence-corrected chi connectivity index (χ4v) is 3.44. The van der Waals surface area contributed by atoms with Crippen molar-refractivity contribution in [2.45, 2.75) is 38.0 Å². The van der Waals surface area contributed by atoms with Crippen LogP contribution in [0.3, 0.4) is 0 Å². The summed E-state index contributed by atoms with van der Waals surface area (Å²) in [4.78, 5) is 21.1. The molecule has 0 unspecified atom stereocenters. The molecule has 0 aliphatic heterocycles. The lowest BCUT2D eigenvalue weighted by Crippen LogP contribution is -2.28. The van der Waals surface area contributed by atoms with E-state index in [-0.39, 0.29) is 30.9 Å². The summed E-state index contributed by atoms with van der Waals surface area (Å²) in [7, 11) is 0. The molecule has 1 N–H and O–H groups in total. The zero-order chi connectivity index (χ0) is 21.2. The van der Waals surface area contributed by atoms with E-state index in [0.29, 0.717) is 16.6 Å². The molecule has 0 atom stereocenters. The van der Waals surface area contributed by atoms with Crippen molar-refractivity contribution in [3.8, 4) is 0 Å². The van der Waals surface area contributed by atoms with Crippen LogP contribution in [0, 0.1) is 13.8 Å². The zero-order valence-electron chi connectivity index (χ0n) is 16.2. The molecule has 0 aliphatic rings. The van der Waals surface area contributed by atoms with Crippen molar-refractivity contribution >= 4 is 23.4 Å². The van der Waals surface area contributed by atoms with Crippen LogP contribution < -0.4 is 5.32 Å². The molecule has 0 saturated carbocycles.